The van der Waals surface area contributed by atoms with E-state index in [1.807, 2.05) is 5.32 Å². The molecule has 0 aliphatic carbocycles. The van der Waals surface area contributed by atoms with Gasteiger partial charge in [0, 0.05) is 0 Å². The summed E-state index contributed by atoms with van der Waals surface area (Å²) in [7, 11) is 1.05. The van der Waals surface area contributed by atoms with Crippen molar-refractivity contribution >= 4 is 5.97 Å². The lowest BCUT2D eigenvalue weighted by atomic mass is 10.3. The van der Waals surface area contributed by atoms with Crippen molar-refractivity contribution in [3.8, 4) is 0 Å². The lowest BCUT2D eigenvalue weighted by molar-refractivity contribution is -0.147. The fourth-order valence-corrected chi connectivity index (χ4v) is 0.752. The Morgan fingerprint density at radius 3 is 2.36 bits per heavy atom. The standard InChI is InChI=1S/C5H6F3NO2/c1-11-4(10)2-3(9-2)5(6,7)8/h2-3,9H,1H3/t2-,3-/m0/s1. The van der Waals surface area contributed by atoms with Crippen molar-refractivity contribution in [2.24, 2.45) is 0 Å². The number of carbonyl (C=O) groups excluding carboxylic acids is 1. The average molecular weight is 169 g/mol. The highest BCUT2D eigenvalue weighted by Crippen LogP contribution is 2.31. The molecule has 0 aromatic heterocycles. The number of nitrogens with one attached hydrogen (secondary N) is 1. The van der Waals surface area contributed by atoms with Crippen LogP contribution in [0.4, 0.5) is 13.2 Å². The normalized spacial score (nSPS) is 29.8. The quantitative estimate of drug-likeness (QED) is 0.446. The highest BCUT2D eigenvalue weighted by molar-refractivity contribution is 5.80. The summed E-state index contributed by atoms with van der Waals surface area (Å²) >= 11 is 0. The van der Waals surface area contributed by atoms with Gasteiger partial charge in [-0.2, -0.15) is 13.2 Å². The van der Waals surface area contributed by atoms with Crippen molar-refractivity contribution in [3.05, 3.63) is 0 Å². The van der Waals surface area contributed by atoms with Gasteiger partial charge in [-0.15, -0.1) is 0 Å². The van der Waals surface area contributed by atoms with Gasteiger partial charge < -0.3 is 4.74 Å². The molecule has 0 aromatic rings. The third-order valence-electron chi connectivity index (χ3n) is 1.39. The molecule has 1 aliphatic heterocycles. The number of ether oxygens (including phenoxy) is 1. The number of esters is 1. The maximum absolute atomic E-state index is 11.7. The molecule has 0 saturated carbocycles. The zero-order valence-corrected chi connectivity index (χ0v) is 5.61. The molecule has 1 heterocycles. The number of halogens is 3. The van der Waals surface area contributed by atoms with Gasteiger partial charge in [0.15, 0.2) is 0 Å². The second kappa shape index (κ2) is 2.37. The minimum atomic E-state index is -4.35. The molecule has 6 heteroatoms. The van der Waals surface area contributed by atoms with E-state index in [9.17, 15) is 18.0 Å². The number of methoxy groups -OCH3 is 1. The van der Waals surface area contributed by atoms with Crippen LogP contribution in [0.3, 0.4) is 0 Å². The third-order valence-corrected chi connectivity index (χ3v) is 1.39. The minimum absolute atomic E-state index is 0.868. The molecule has 0 spiro atoms. The minimum Gasteiger partial charge on any atom is -0.468 e. The smallest absolute Gasteiger partial charge is 0.405 e. The molecule has 1 rings (SSSR count). The molecule has 1 fully saturated rings. The molecule has 64 valence electrons. The molecule has 11 heavy (non-hydrogen) atoms. The maximum Gasteiger partial charge on any atom is 0.405 e. The van der Waals surface area contributed by atoms with E-state index in [0.717, 1.165) is 7.11 Å². The third kappa shape index (κ3) is 1.62. The Hall–Kier alpha value is -0.780. The van der Waals surface area contributed by atoms with Crippen LogP contribution in [0.2, 0.25) is 0 Å². The topological polar surface area (TPSA) is 48.2 Å². The lowest BCUT2D eigenvalue weighted by Gasteiger charge is -2.00. The van der Waals surface area contributed by atoms with Crippen molar-refractivity contribution in [3.63, 3.8) is 0 Å². The van der Waals surface area contributed by atoms with Gasteiger partial charge in [0.1, 0.15) is 12.1 Å². The average Bonchev–Trinajstić information content (AvgIpc) is 2.62. The highest BCUT2D eigenvalue weighted by Gasteiger charge is 2.59. The van der Waals surface area contributed by atoms with Gasteiger partial charge >= 0.3 is 12.1 Å². The molecule has 1 N–H and O–H groups in total. The Kier molecular flexibility index (Phi) is 1.79. The zero-order valence-electron chi connectivity index (χ0n) is 5.61. The van der Waals surface area contributed by atoms with Crippen molar-refractivity contribution in [2.75, 3.05) is 7.11 Å². The van der Waals surface area contributed by atoms with Crippen LogP contribution in [0.1, 0.15) is 0 Å². The Bertz CT molecular complexity index is 179. The van der Waals surface area contributed by atoms with Gasteiger partial charge in [0.25, 0.3) is 0 Å². The number of alkyl halides is 3. The fourth-order valence-electron chi connectivity index (χ4n) is 0.752. The van der Waals surface area contributed by atoms with Gasteiger partial charge in [0.2, 0.25) is 0 Å². The highest BCUT2D eigenvalue weighted by atomic mass is 19.4. The Labute approximate surface area is 60.5 Å². The summed E-state index contributed by atoms with van der Waals surface area (Å²) in [5.74, 6) is -0.868. The maximum atomic E-state index is 11.7. The summed E-state index contributed by atoms with van der Waals surface area (Å²) < 4.78 is 39.2. The number of hydrogen-bond acceptors (Lipinski definition) is 3. The summed E-state index contributed by atoms with van der Waals surface area (Å²) in [6.45, 7) is 0. The molecule has 0 aromatic carbocycles. The van der Waals surface area contributed by atoms with E-state index in [1.54, 1.807) is 0 Å². The van der Waals surface area contributed by atoms with Gasteiger partial charge in [0.05, 0.1) is 7.11 Å². The fraction of sp³-hybridized carbons (Fsp3) is 0.800. The van der Waals surface area contributed by atoms with Crippen LogP contribution < -0.4 is 5.32 Å². The second-order valence-electron chi connectivity index (χ2n) is 2.19. The molecular formula is C5H6F3NO2. The molecule has 1 saturated heterocycles. The van der Waals surface area contributed by atoms with Crippen LogP contribution in [0.15, 0.2) is 0 Å². The SMILES string of the molecule is COC(=O)[C@H]1N[C@@H]1C(F)(F)F. The monoisotopic (exact) mass is 169 g/mol. The van der Waals surface area contributed by atoms with Gasteiger partial charge in [-0.05, 0) is 0 Å². The van der Waals surface area contributed by atoms with E-state index in [4.69, 9.17) is 0 Å². The van der Waals surface area contributed by atoms with Crippen LogP contribution in [0.5, 0.6) is 0 Å². The molecule has 1 aliphatic rings. The summed E-state index contributed by atoms with van der Waals surface area (Å²) in [4.78, 5) is 10.4. The second-order valence-corrected chi connectivity index (χ2v) is 2.19. The lowest BCUT2D eigenvalue weighted by Crippen LogP contribution is -2.23. The molecule has 0 bridgehead atoms. The first-order valence-electron chi connectivity index (χ1n) is 2.87. The molecule has 0 unspecified atom stereocenters. The van der Waals surface area contributed by atoms with Gasteiger partial charge in [-0.1, -0.05) is 0 Å². The van der Waals surface area contributed by atoms with E-state index in [2.05, 4.69) is 4.74 Å². The number of hydrogen-bond donors (Lipinski definition) is 1. The summed E-state index contributed by atoms with van der Waals surface area (Å²) in [6.07, 6.45) is -4.35. The summed E-state index contributed by atoms with van der Waals surface area (Å²) in [5, 5.41) is 1.96. The van der Waals surface area contributed by atoms with E-state index in [1.165, 1.54) is 0 Å². The predicted molar refractivity (Wildman–Crippen MR) is 28.8 cm³/mol. The van der Waals surface area contributed by atoms with Crippen LogP contribution in [-0.4, -0.2) is 31.3 Å². The van der Waals surface area contributed by atoms with Gasteiger partial charge in [-0.3, -0.25) is 10.1 Å². The Morgan fingerprint density at radius 2 is 2.09 bits per heavy atom. The molecule has 0 radical (unpaired) electrons. The predicted octanol–water partition coefficient (Wildman–Crippen LogP) is 0.0621. The van der Waals surface area contributed by atoms with E-state index < -0.39 is 24.2 Å². The van der Waals surface area contributed by atoms with E-state index in [0.29, 0.717) is 0 Å². The summed E-state index contributed by atoms with van der Waals surface area (Å²) in [5.41, 5.74) is 0. The zero-order chi connectivity index (χ0) is 8.65. The van der Waals surface area contributed by atoms with Crippen LogP contribution in [0, 0.1) is 0 Å². The van der Waals surface area contributed by atoms with Crippen LogP contribution >= 0.6 is 0 Å². The van der Waals surface area contributed by atoms with E-state index in [-0.39, 0.29) is 0 Å². The molecule has 2 atom stereocenters. The van der Waals surface area contributed by atoms with Crippen molar-refractivity contribution in [1.82, 2.24) is 5.32 Å². The van der Waals surface area contributed by atoms with Crippen LogP contribution in [0.25, 0.3) is 0 Å². The summed E-state index contributed by atoms with van der Waals surface area (Å²) in [6, 6.07) is -2.91. The Morgan fingerprint density at radius 1 is 1.55 bits per heavy atom. The van der Waals surface area contributed by atoms with Crippen LogP contribution in [-0.2, 0) is 9.53 Å². The number of carbonyl (C=O) groups is 1. The largest absolute Gasteiger partial charge is 0.468 e. The first kappa shape index (κ1) is 8.32. The first-order valence-corrected chi connectivity index (χ1v) is 2.87. The first-order chi connectivity index (χ1) is 4.96. The Balaban J connectivity index is 2.44. The van der Waals surface area contributed by atoms with Crippen molar-refractivity contribution < 1.29 is 22.7 Å². The van der Waals surface area contributed by atoms with E-state index >= 15 is 0 Å². The molecule has 3 nitrogen and oxygen atoms in total. The molecular weight excluding hydrogens is 163 g/mol. The number of rotatable bonds is 1. The van der Waals surface area contributed by atoms with Crippen molar-refractivity contribution in [2.45, 2.75) is 18.3 Å². The van der Waals surface area contributed by atoms with Gasteiger partial charge in [-0.25, -0.2) is 0 Å². The van der Waals surface area contributed by atoms with Crippen molar-refractivity contribution in [1.29, 1.82) is 0 Å². The molecule has 0 amide bonds.